The highest BCUT2D eigenvalue weighted by molar-refractivity contribution is 7.71. The van der Waals surface area contributed by atoms with E-state index >= 15 is 0 Å². The second kappa shape index (κ2) is 7.47. The SMILES string of the molecule is COC(=O)[C@@H]1C[C@H](O)CN1Cn1nc(Cc2ccccc2)n(C)c1=S. The van der Waals surface area contributed by atoms with Gasteiger partial charge in [-0.25, -0.2) is 4.68 Å². The zero-order valence-electron chi connectivity index (χ0n) is 14.3. The number of nitrogens with zero attached hydrogens (tertiary/aromatic N) is 4. The van der Waals surface area contributed by atoms with Crippen molar-refractivity contribution in [2.75, 3.05) is 13.7 Å². The fourth-order valence-corrected chi connectivity index (χ4v) is 3.35. The minimum absolute atomic E-state index is 0.344. The molecule has 1 aromatic heterocycles. The van der Waals surface area contributed by atoms with E-state index in [0.29, 0.717) is 30.8 Å². The molecule has 0 saturated carbocycles. The number of carbonyl (C=O) groups is 1. The minimum atomic E-state index is -0.550. The predicted molar refractivity (Wildman–Crippen MR) is 94.4 cm³/mol. The molecule has 0 spiro atoms. The minimum Gasteiger partial charge on any atom is -0.468 e. The first-order valence-corrected chi connectivity index (χ1v) is 8.57. The van der Waals surface area contributed by atoms with Gasteiger partial charge in [0.1, 0.15) is 11.9 Å². The molecule has 1 aliphatic heterocycles. The highest BCUT2D eigenvalue weighted by Crippen LogP contribution is 2.20. The van der Waals surface area contributed by atoms with E-state index in [-0.39, 0.29) is 5.97 Å². The van der Waals surface area contributed by atoms with Crippen molar-refractivity contribution in [3.63, 3.8) is 0 Å². The van der Waals surface area contributed by atoms with Gasteiger partial charge in [0.05, 0.1) is 19.9 Å². The molecule has 1 aliphatic rings. The quantitative estimate of drug-likeness (QED) is 0.635. The molecule has 0 aliphatic carbocycles. The number of rotatable bonds is 5. The number of esters is 1. The van der Waals surface area contributed by atoms with E-state index in [2.05, 4.69) is 5.10 Å². The van der Waals surface area contributed by atoms with Gasteiger partial charge >= 0.3 is 5.97 Å². The Labute approximate surface area is 151 Å². The van der Waals surface area contributed by atoms with Gasteiger partial charge < -0.3 is 14.4 Å². The van der Waals surface area contributed by atoms with Gasteiger partial charge in [0.2, 0.25) is 0 Å². The monoisotopic (exact) mass is 362 g/mol. The third-order valence-electron chi connectivity index (χ3n) is 4.51. The second-order valence-electron chi connectivity index (χ2n) is 6.26. The maximum absolute atomic E-state index is 11.9. The van der Waals surface area contributed by atoms with Gasteiger partial charge in [-0.05, 0) is 17.8 Å². The molecule has 0 radical (unpaired) electrons. The van der Waals surface area contributed by atoms with E-state index in [0.717, 1.165) is 11.4 Å². The van der Waals surface area contributed by atoms with Crippen molar-refractivity contribution in [3.8, 4) is 0 Å². The molecular weight excluding hydrogens is 340 g/mol. The van der Waals surface area contributed by atoms with Crippen LogP contribution >= 0.6 is 12.2 Å². The van der Waals surface area contributed by atoms with Crippen LogP contribution in [0.3, 0.4) is 0 Å². The highest BCUT2D eigenvalue weighted by atomic mass is 32.1. The summed E-state index contributed by atoms with van der Waals surface area (Å²) in [6.07, 6.45) is 0.492. The summed E-state index contributed by atoms with van der Waals surface area (Å²) >= 11 is 5.49. The molecule has 2 heterocycles. The van der Waals surface area contributed by atoms with Crippen LogP contribution in [0.25, 0.3) is 0 Å². The fraction of sp³-hybridized carbons (Fsp3) is 0.471. The molecule has 0 unspecified atom stereocenters. The van der Waals surface area contributed by atoms with E-state index in [4.69, 9.17) is 17.0 Å². The van der Waals surface area contributed by atoms with Crippen molar-refractivity contribution in [1.82, 2.24) is 19.2 Å². The Hall–Kier alpha value is -2.03. The van der Waals surface area contributed by atoms with Crippen molar-refractivity contribution in [3.05, 3.63) is 46.5 Å². The van der Waals surface area contributed by atoms with Crippen LogP contribution in [0.15, 0.2) is 30.3 Å². The summed E-state index contributed by atoms with van der Waals surface area (Å²) in [4.78, 5) is 13.8. The molecule has 8 heteroatoms. The summed E-state index contributed by atoms with van der Waals surface area (Å²) in [6.45, 7) is 0.740. The summed E-state index contributed by atoms with van der Waals surface area (Å²) in [5, 5.41) is 14.5. The summed E-state index contributed by atoms with van der Waals surface area (Å²) in [5.74, 6) is 0.508. The Morgan fingerprint density at radius 2 is 2.12 bits per heavy atom. The zero-order chi connectivity index (χ0) is 18.0. The standard InChI is InChI=1S/C17H22N4O3S/c1-19-15(8-12-6-4-3-5-7-12)18-21(17(19)25)11-20-10-13(22)9-14(20)16(23)24-2/h3-7,13-14,22H,8-11H2,1-2H3/t13-,14-/m0/s1. The summed E-state index contributed by atoms with van der Waals surface area (Å²) in [6, 6.07) is 9.59. The first-order chi connectivity index (χ1) is 12.0. The average Bonchev–Trinajstić information content (AvgIpc) is 3.10. The lowest BCUT2D eigenvalue weighted by molar-refractivity contribution is -0.146. The van der Waals surface area contributed by atoms with Crippen LogP contribution < -0.4 is 0 Å². The number of carbonyl (C=O) groups excluding carboxylic acids is 1. The van der Waals surface area contributed by atoms with E-state index in [1.807, 2.05) is 46.8 Å². The Morgan fingerprint density at radius 1 is 1.40 bits per heavy atom. The Kier molecular flexibility index (Phi) is 5.31. The smallest absolute Gasteiger partial charge is 0.323 e. The number of methoxy groups -OCH3 is 1. The third-order valence-corrected chi connectivity index (χ3v) is 4.99. The van der Waals surface area contributed by atoms with Crippen molar-refractivity contribution in [2.24, 2.45) is 7.05 Å². The molecule has 1 fully saturated rings. The maximum atomic E-state index is 11.9. The molecule has 2 atom stereocenters. The number of ether oxygens (including phenoxy) is 1. The van der Waals surface area contributed by atoms with Crippen LogP contribution in [-0.4, -0.2) is 56.1 Å². The molecule has 1 N–H and O–H groups in total. The molecular formula is C17H22N4O3S. The van der Waals surface area contributed by atoms with Gasteiger partial charge in [-0.3, -0.25) is 9.69 Å². The van der Waals surface area contributed by atoms with E-state index in [9.17, 15) is 9.90 Å². The molecule has 0 bridgehead atoms. The normalized spacial score (nSPS) is 20.8. The van der Waals surface area contributed by atoms with E-state index < -0.39 is 12.1 Å². The van der Waals surface area contributed by atoms with Gasteiger partial charge in [0.15, 0.2) is 4.77 Å². The lowest BCUT2D eigenvalue weighted by atomic mass is 10.1. The first-order valence-electron chi connectivity index (χ1n) is 8.16. The number of aromatic nitrogens is 3. The molecule has 134 valence electrons. The average molecular weight is 362 g/mol. The van der Waals surface area contributed by atoms with Crippen LogP contribution in [0, 0.1) is 4.77 Å². The van der Waals surface area contributed by atoms with Crippen molar-refractivity contribution in [1.29, 1.82) is 0 Å². The number of aliphatic hydroxyl groups is 1. The van der Waals surface area contributed by atoms with Gasteiger partial charge in [-0.1, -0.05) is 30.3 Å². The summed E-state index contributed by atoms with van der Waals surface area (Å²) in [5.41, 5.74) is 1.15. The topological polar surface area (TPSA) is 72.5 Å². The third kappa shape index (κ3) is 3.81. The van der Waals surface area contributed by atoms with Gasteiger partial charge in [0.25, 0.3) is 0 Å². The molecule has 1 aromatic carbocycles. The number of aliphatic hydroxyl groups excluding tert-OH is 1. The van der Waals surface area contributed by atoms with Crippen LogP contribution in [0.2, 0.25) is 0 Å². The number of hydrogen-bond donors (Lipinski definition) is 1. The highest BCUT2D eigenvalue weighted by Gasteiger charge is 2.37. The molecule has 0 amide bonds. The maximum Gasteiger partial charge on any atom is 0.323 e. The summed E-state index contributed by atoms with van der Waals surface area (Å²) < 4.78 is 8.99. The first kappa shape index (κ1) is 17.8. The summed E-state index contributed by atoms with van der Waals surface area (Å²) in [7, 11) is 3.25. The number of β-amino-alcohol motifs (C(OH)–C–C–N with tert-alkyl or cyclic N) is 1. The van der Waals surface area contributed by atoms with Crippen molar-refractivity contribution in [2.45, 2.75) is 31.7 Å². The van der Waals surface area contributed by atoms with E-state index in [1.54, 1.807) is 4.68 Å². The molecule has 3 rings (SSSR count). The van der Waals surface area contributed by atoms with E-state index in [1.165, 1.54) is 7.11 Å². The van der Waals surface area contributed by atoms with Crippen molar-refractivity contribution >= 4 is 18.2 Å². The number of hydrogen-bond acceptors (Lipinski definition) is 6. The van der Waals surface area contributed by atoms with Crippen LogP contribution in [0.4, 0.5) is 0 Å². The molecule has 2 aromatic rings. The molecule has 1 saturated heterocycles. The van der Waals surface area contributed by atoms with Gasteiger partial charge in [-0.2, -0.15) is 5.10 Å². The fourth-order valence-electron chi connectivity index (χ4n) is 3.15. The van der Waals surface area contributed by atoms with Crippen LogP contribution in [-0.2, 0) is 29.7 Å². The van der Waals surface area contributed by atoms with Gasteiger partial charge in [0, 0.05) is 26.4 Å². The Balaban J connectivity index is 1.80. The Morgan fingerprint density at radius 3 is 2.80 bits per heavy atom. The predicted octanol–water partition coefficient (Wildman–Crippen LogP) is 1.11. The molecule has 7 nitrogen and oxygen atoms in total. The lowest BCUT2D eigenvalue weighted by Crippen LogP contribution is -2.38. The second-order valence-corrected chi connectivity index (χ2v) is 6.63. The largest absolute Gasteiger partial charge is 0.468 e. The van der Waals surface area contributed by atoms with Crippen LogP contribution in [0.1, 0.15) is 17.8 Å². The lowest BCUT2D eigenvalue weighted by Gasteiger charge is -2.21. The van der Waals surface area contributed by atoms with Crippen molar-refractivity contribution < 1.29 is 14.6 Å². The Bertz CT molecular complexity index is 802. The number of likely N-dealkylation sites (tertiary alicyclic amines) is 1. The number of benzene rings is 1. The van der Waals surface area contributed by atoms with Gasteiger partial charge in [-0.15, -0.1) is 0 Å². The van der Waals surface area contributed by atoms with Crippen LogP contribution in [0.5, 0.6) is 0 Å². The molecule has 25 heavy (non-hydrogen) atoms. The zero-order valence-corrected chi connectivity index (χ0v) is 15.1.